The predicted octanol–water partition coefficient (Wildman–Crippen LogP) is 3.97. The Bertz CT molecular complexity index is 373. The van der Waals surface area contributed by atoms with Gasteiger partial charge in [0.2, 0.25) is 0 Å². The monoisotopic (exact) mass is 245 g/mol. The molecule has 1 aromatic rings. The van der Waals surface area contributed by atoms with Crippen LogP contribution in [0, 0.1) is 0 Å². The molecule has 0 bridgehead atoms. The fourth-order valence-electron chi connectivity index (χ4n) is 0.979. The van der Waals surface area contributed by atoms with Crippen LogP contribution in [0.5, 0.6) is 0 Å². The molecule has 1 rings (SSSR count). The SMILES string of the molecule is CC(C)(C)OC(=O)N(F)c1ccc(Cl)cc1. The third-order valence-corrected chi connectivity index (χ3v) is 1.86. The highest BCUT2D eigenvalue weighted by molar-refractivity contribution is 6.30. The molecule has 0 N–H and O–H groups in total. The van der Waals surface area contributed by atoms with Crippen LogP contribution in [0.2, 0.25) is 5.02 Å². The van der Waals surface area contributed by atoms with Gasteiger partial charge in [-0.15, -0.1) is 5.12 Å². The smallest absolute Gasteiger partial charge is 0.442 e. The topological polar surface area (TPSA) is 29.5 Å². The molecule has 5 heteroatoms. The Balaban J connectivity index is 2.74. The molecule has 0 saturated heterocycles. The molecule has 0 atom stereocenters. The van der Waals surface area contributed by atoms with Gasteiger partial charge in [0, 0.05) is 5.02 Å². The van der Waals surface area contributed by atoms with Gasteiger partial charge < -0.3 is 4.74 Å². The van der Waals surface area contributed by atoms with Gasteiger partial charge in [-0.3, -0.25) is 0 Å². The van der Waals surface area contributed by atoms with Crippen LogP contribution in [0.1, 0.15) is 20.8 Å². The fraction of sp³-hybridized carbons (Fsp3) is 0.364. The van der Waals surface area contributed by atoms with E-state index in [0.717, 1.165) is 0 Å². The minimum atomic E-state index is -1.05. The molecule has 0 aliphatic carbocycles. The maximum Gasteiger partial charge on any atom is 0.443 e. The summed E-state index contributed by atoms with van der Waals surface area (Å²) in [5.41, 5.74) is -0.646. The number of amides is 1. The number of carbonyl (C=O) groups excluding carboxylic acids is 1. The van der Waals surface area contributed by atoms with E-state index >= 15 is 0 Å². The Morgan fingerprint density at radius 3 is 2.25 bits per heavy atom. The number of benzene rings is 1. The predicted molar refractivity (Wildman–Crippen MR) is 61.3 cm³/mol. The number of nitrogens with zero attached hydrogens (tertiary/aromatic N) is 1. The van der Waals surface area contributed by atoms with Crippen LogP contribution in [-0.2, 0) is 4.74 Å². The third kappa shape index (κ3) is 3.70. The molecule has 0 aliphatic rings. The second-order valence-electron chi connectivity index (χ2n) is 4.24. The summed E-state index contributed by atoms with van der Waals surface area (Å²) in [5, 5.41) is 0.419. The quantitative estimate of drug-likeness (QED) is 0.701. The Morgan fingerprint density at radius 2 is 1.81 bits per heavy atom. The van der Waals surface area contributed by atoms with Crippen molar-refractivity contribution in [1.82, 2.24) is 0 Å². The molecule has 1 amide bonds. The second kappa shape index (κ2) is 4.70. The number of halogens is 2. The van der Waals surface area contributed by atoms with E-state index in [1.807, 2.05) is 0 Å². The van der Waals surface area contributed by atoms with Crippen LogP contribution in [0.3, 0.4) is 0 Å². The van der Waals surface area contributed by atoms with Gasteiger partial charge in [-0.25, -0.2) is 4.79 Å². The maximum atomic E-state index is 13.5. The molecule has 0 fully saturated rings. The highest BCUT2D eigenvalue weighted by Gasteiger charge is 2.23. The van der Waals surface area contributed by atoms with Crippen LogP contribution in [0.25, 0.3) is 0 Å². The first-order valence-corrected chi connectivity index (χ1v) is 5.12. The minimum Gasteiger partial charge on any atom is -0.442 e. The minimum absolute atomic E-state index is 0.0540. The summed E-state index contributed by atoms with van der Waals surface area (Å²) in [4.78, 5) is 11.3. The van der Waals surface area contributed by atoms with Crippen molar-refractivity contribution in [2.75, 3.05) is 5.12 Å². The van der Waals surface area contributed by atoms with Crippen molar-refractivity contribution in [1.29, 1.82) is 0 Å². The third-order valence-electron chi connectivity index (χ3n) is 1.61. The van der Waals surface area contributed by atoms with Crippen molar-refractivity contribution in [3.05, 3.63) is 29.3 Å². The Hall–Kier alpha value is -1.29. The van der Waals surface area contributed by atoms with E-state index in [2.05, 4.69) is 0 Å². The Labute approximate surface area is 98.7 Å². The molecule has 0 unspecified atom stereocenters. The lowest BCUT2D eigenvalue weighted by atomic mass is 10.2. The first-order chi connectivity index (χ1) is 7.29. The highest BCUT2D eigenvalue weighted by atomic mass is 35.5. The van der Waals surface area contributed by atoms with E-state index in [1.165, 1.54) is 24.3 Å². The molecule has 3 nitrogen and oxygen atoms in total. The van der Waals surface area contributed by atoms with E-state index in [1.54, 1.807) is 20.8 Å². The number of hydrogen-bond donors (Lipinski definition) is 0. The van der Waals surface area contributed by atoms with Crippen LogP contribution < -0.4 is 5.12 Å². The van der Waals surface area contributed by atoms with Gasteiger partial charge in [0.15, 0.2) is 0 Å². The molecule has 0 radical (unpaired) electrons. The van der Waals surface area contributed by atoms with E-state index in [4.69, 9.17) is 16.3 Å². The van der Waals surface area contributed by atoms with E-state index in [0.29, 0.717) is 5.02 Å². The molecule has 16 heavy (non-hydrogen) atoms. The molecular formula is C11H13ClFNO2. The summed E-state index contributed by atoms with van der Waals surface area (Å²) >= 11 is 5.65. The average molecular weight is 246 g/mol. The van der Waals surface area contributed by atoms with Crippen molar-refractivity contribution in [3.63, 3.8) is 0 Å². The molecule has 0 saturated carbocycles. The summed E-state index contributed by atoms with van der Waals surface area (Å²) in [7, 11) is 0. The summed E-state index contributed by atoms with van der Waals surface area (Å²) in [5.74, 6) is 0. The molecule has 0 aromatic heterocycles. The zero-order valence-corrected chi connectivity index (χ0v) is 10.1. The number of anilines is 1. The van der Waals surface area contributed by atoms with Crippen molar-refractivity contribution < 1.29 is 14.0 Å². The first-order valence-electron chi connectivity index (χ1n) is 4.74. The summed E-state index contributed by atoms with van der Waals surface area (Å²) in [6.45, 7) is 5.00. The van der Waals surface area contributed by atoms with Crippen molar-refractivity contribution in [2.24, 2.45) is 0 Å². The lowest BCUT2D eigenvalue weighted by molar-refractivity contribution is 0.0501. The van der Waals surface area contributed by atoms with Gasteiger partial charge in [0.1, 0.15) is 5.60 Å². The summed E-state index contributed by atoms with van der Waals surface area (Å²) in [6, 6.07) is 5.78. The van der Waals surface area contributed by atoms with E-state index in [-0.39, 0.29) is 10.8 Å². The molecule has 0 aliphatic heterocycles. The van der Waals surface area contributed by atoms with Gasteiger partial charge >= 0.3 is 6.09 Å². The van der Waals surface area contributed by atoms with Crippen LogP contribution in [0.15, 0.2) is 24.3 Å². The Kier molecular flexibility index (Phi) is 3.75. The summed E-state index contributed by atoms with van der Waals surface area (Å²) in [6.07, 6.45) is -1.05. The molecule has 0 spiro atoms. The number of rotatable bonds is 1. The second-order valence-corrected chi connectivity index (χ2v) is 4.67. The van der Waals surface area contributed by atoms with Gasteiger partial charge in [-0.2, -0.15) is 0 Å². The van der Waals surface area contributed by atoms with Gasteiger partial charge in [-0.05, 0) is 45.0 Å². The Morgan fingerprint density at radius 1 is 1.31 bits per heavy atom. The average Bonchev–Trinajstić information content (AvgIpc) is 2.15. The normalized spacial score (nSPS) is 11.1. The van der Waals surface area contributed by atoms with Gasteiger partial charge in [0.05, 0.1) is 5.69 Å². The van der Waals surface area contributed by atoms with E-state index in [9.17, 15) is 9.28 Å². The van der Waals surface area contributed by atoms with Gasteiger partial charge in [0.25, 0.3) is 0 Å². The fourth-order valence-corrected chi connectivity index (χ4v) is 1.11. The highest BCUT2D eigenvalue weighted by Crippen LogP contribution is 2.20. The lowest BCUT2D eigenvalue weighted by Crippen LogP contribution is -2.31. The molecule has 88 valence electrons. The maximum absolute atomic E-state index is 13.5. The van der Waals surface area contributed by atoms with Crippen molar-refractivity contribution in [3.8, 4) is 0 Å². The lowest BCUT2D eigenvalue weighted by Gasteiger charge is -2.21. The van der Waals surface area contributed by atoms with Crippen molar-refractivity contribution in [2.45, 2.75) is 26.4 Å². The van der Waals surface area contributed by atoms with E-state index < -0.39 is 11.7 Å². The standard InChI is InChI=1S/C11H13ClFNO2/c1-11(2,3)16-10(15)14(13)9-6-4-8(12)5-7-9/h4-7H,1-3H3. The van der Waals surface area contributed by atoms with Crippen LogP contribution >= 0.6 is 11.6 Å². The zero-order valence-electron chi connectivity index (χ0n) is 9.33. The zero-order chi connectivity index (χ0) is 12.3. The summed E-state index contributed by atoms with van der Waals surface area (Å²) < 4.78 is 18.4. The molecular weight excluding hydrogens is 233 g/mol. The van der Waals surface area contributed by atoms with Crippen LogP contribution in [0.4, 0.5) is 15.0 Å². The largest absolute Gasteiger partial charge is 0.443 e. The molecule has 0 heterocycles. The van der Waals surface area contributed by atoms with Crippen molar-refractivity contribution >= 4 is 23.4 Å². The van der Waals surface area contributed by atoms with Crippen LogP contribution in [-0.4, -0.2) is 11.7 Å². The van der Waals surface area contributed by atoms with Gasteiger partial charge in [-0.1, -0.05) is 16.1 Å². The number of ether oxygens (including phenoxy) is 1. The number of carbonyl (C=O) groups is 1. The first kappa shape index (κ1) is 12.8. The number of hydrogen-bond acceptors (Lipinski definition) is 2. The molecule has 1 aromatic carbocycles.